The lowest BCUT2D eigenvalue weighted by Gasteiger charge is -2.40. The van der Waals surface area contributed by atoms with Gasteiger partial charge in [0, 0.05) is 55.0 Å². The maximum Gasteiger partial charge on any atom is 0.253 e. The molecule has 3 atom stereocenters. The third-order valence-corrected chi connectivity index (χ3v) is 8.09. The van der Waals surface area contributed by atoms with Gasteiger partial charge in [-0.25, -0.2) is 4.98 Å². The first-order chi connectivity index (χ1) is 17.0. The number of ether oxygens (including phenoxy) is 1. The second kappa shape index (κ2) is 8.82. The van der Waals surface area contributed by atoms with Crippen molar-refractivity contribution in [1.29, 1.82) is 0 Å². The fourth-order valence-electron chi connectivity index (χ4n) is 6.32. The van der Waals surface area contributed by atoms with Gasteiger partial charge in [0.1, 0.15) is 11.6 Å². The van der Waals surface area contributed by atoms with Crippen molar-refractivity contribution in [2.75, 3.05) is 31.6 Å². The van der Waals surface area contributed by atoms with Crippen molar-refractivity contribution in [1.82, 2.24) is 20.5 Å². The number of rotatable bonds is 5. The van der Waals surface area contributed by atoms with Crippen LogP contribution in [0, 0.1) is 6.92 Å². The molecule has 35 heavy (non-hydrogen) atoms. The monoisotopic (exact) mass is 475 g/mol. The Morgan fingerprint density at radius 3 is 2.43 bits per heavy atom. The summed E-state index contributed by atoms with van der Waals surface area (Å²) >= 11 is 0. The van der Waals surface area contributed by atoms with E-state index >= 15 is 0 Å². The second-order valence-electron chi connectivity index (χ2n) is 10.6. The van der Waals surface area contributed by atoms with E-state index in [0.29, 0.717) is 29.8 Å². The van der Waals surface area contributed by atoms with Crippen molar-refractivity contribution in [3.05, 3.63) is 52.7 Å². The van der Waals surface area contributed by atoms with Crippen LogP contribution >= 0.6 is 0 Å². The van der Waals surface area contributed by atoms with Crippen LogP contribution in [-0.2, 0) is 6.42 Å². The molecule has 1 aromatic carbocycles. The highest BCUT2D eigenvalue weighted by Gasteiger charge is 2.42. The minimum atomic E-state index is -0.0567. The van der Waals surface area contributed by atoms with Crippen molar-refractivity contribution in [3.63, 3.8) is 0 Å². The smallest absolute Gasteiger partial charge is 0.253 e. The van der Waals surface area contributed by atoms with E-state index in [1.807, 2.05) is 38.2 Å². The molecule has 2 N–H and O–H groups in total. The molecule has 2 bridgehead atoms. The number of anilines is 1. The maximum absolute atomic E-state index is 13.1. The lowest BCUT2D eigenvalue weighted by atomic mass is 9.96. The third-order valence-electron chi connectivity index (χ3n) is 8.09. The molecule has 0 unspecified atom stereocenters. The van der Waals surface area contributed by atoms with Crippen molar-refractivity contribution in [3.8, 4) is 5.75 Å². The number of carbonyl (C=O) groups is 2. The van der Waals surface area contributed by atoms with Gasteiger partial charge < -0.3 is 25.2 Å². The number of hydrogen-bond acceptors (Lipinski definition) is 6. The molecule has 4 aliphatic rings. The molecule has 2 amide bonds. The van der Waals surface area contributed by atoms with E-state index in [1.54, 1.807) is 6.20 Å². The highest BCUT2D eigenvalue weighted by atomic mass is 16.5. The Morgan fingerprint density at radius 2 is 1.74 bits per heavy atom. The summed E-state index contributed by atoms with van der Waals surface area (Å²) in [5.41, 5.74) is 3.45. The number of benzene rings is 1. The number of likely N-dealkylation sites (N-methyl/N-ethyl adjacent to an activating group) is 1. The molecule has 6 rings (SSSR count). The zero-order valence-corrected chi connectivity index (χ0v) is 20.4. The number of aromatic nitrogens is 1. The van der Waals surface area contributed by atoms with E-state index in [2.05, 4.69) is 25.4 Å². The topological polar surface area (TPSA) is 86.8 Å². The average Bonchev–Trinajstić information content (AvgIpc) is 3.41. The number of carbonyl (C=O) groups excluding carboxylic acids is 2. The largest absolute Gasteiger partial charge is 0.493 e. The Hall–Kier alpha value is -3.13. The van der Waals surface area contributed by atoms with Gasteiger partial charge in [0.25, 0.3) is 11.8 Å². The molecule has 184 valence electrons. The minimum absolute atomic E-state index is 0.00945. The fourth-order valence-corrected chi connectivity index (χ4v) is 6.32. The van der Waals surface area contributed by atoms with Gasteiger partial charge in [0.2, 0.25) is 0 Å². The number of likely N-dealkylation sites (tertiary alicyclic amines) is 1. The molecule has 3 fully saturated rings. The lowest BCUT2D eigenvalue weighted by molar-refractivity contribution is 0.0856. The van der Waals surface area contributed by atoms with E-state index in [1.165, 1.54) is 5.56 Å². The first-order valence-electron chi connectivity index (χ1n) is 12.8. The summed E-state index contributed by atoms with van der Waals surface area (Å²) in [4.78, 5) is 34.8. The van der Waals surface area contributed by atoms with Crippen LogP contribution in [0.3, 0.4) is 0 Å². The molecule has 1 aromatic heterocycles. The first kappa shape index (κ1) is 22.3. The van der Waals surface area contributed by atoms with Crippen molar-refractivity contribution >= 4 is 17.6 Å². The Kier molecular flexibility index (Phi) is 5.63. The standard InChI is InChI=1S/C27H33N5O3/c1-16-23(7-3-17-9-10-35-25(16)17)27(34)29-19-11-21-5-6-22(12-19)32(21)24-8-4-18(13-28-24)26(33)30-20-14-31(2)15-20/h3-4,7-8,13,19-22H,5-6,9-12,14-15H2,1-2H3,(H,29,34)(H,30,33)/t19-,21+,22-. The number of nitrogens with zero attached hydrogens (tertiary/aromatic N) is 3. The number of hydrogen-bond donors (Lipinski definition) is 2. The van der Waals surface area contributed by atoms with E-state index in [0.717, 1.165) is 62.3 Å². The second-order valence-corrected chi connectivity index (χ2v) is 10.6. The molecule has 0 spiro atoms. The van der Waals surface area contributed by atoms with E-state index in [4.69, 9.17) is 4.74 Å². The minimum Gasteiger partial charge on any atom is -0.493 e. The van der Waals surface area contributed by atoms with Gasteiger partial charge in [-0.3, -0.25) is 9.59 Å². The lowest BCUT2D eigenvalue weighted by Crippen LogP contribution is -2.57. The summed E-state index contributed by atoms with van der Waals surface area (Å²) in [5, 5.41) is 6.36. The number of amides is 2. The molecule has 0 aliphatic carbocycles. The maximum atomic E-state index is 13.1. The van der Waals surface area contributed by atoms with Crippen LogP contribution in [0.25, 0.3) is 0 Å². The predicted molar refractivity (Wildman–Crippen MR) is 133 cm³/mol. The predicted octanol–water partition coefficient (Wildman–Crippen LogP) is 2.30. The van der Waals surface area contributed by atoms with Crippen LogP contribution in [0.2, 0.25) is 0 Å². The number of nitrogens with one attached hydrogen (secondary N) is 2. The normalized spacial score (nSPS) is 25.5. The van der Waals surface area contributed by atoms with Gasteiger partial charge in [-0.2, -0.15) is 0 Å². The third kappa shape index (κ3) is 4.14. The van der Waals surface area contributed by atoms with E-state index < -0.39 is 0 Å². The molecule has 0 saturated carbocycles. The van der Waals surface area contributed by atoms with Crippen LogP contribution in [-0.4, -0.2) is 72.6 Å². The van der Waals surface area contributed by atoms with Crippen molar-refractivity contribution in [2.45, 2.75) is 63.2 Å². The zero-order chi connectivity index (χ0) is 24.1. The van der Waals surface area contributed by atoms with E-state index in [-0.39, 0.29) is 23.9 Å². The van der Waals surface area contributed by atoms with Crippen molar-refractivity contribution in [2.24, 2.45) is 0 Å². The van der Waals surface area contributed by atoms with Gasteiger partial charge in [-0.05, 0) is 63.4 Å². The van der Waals surface area contributed by atoms with E-state index in [9.17, 15) is 9.59 Å². The summed E-state index contributed by atoms with van der Waals surface area (Å²) in [7, 11) is 2.05. The van der Waals surface area contributed by atoms with Crippen molar-refractivity contribution < 1.29 is 14.3 Å². The van der Waals surface area contributed by atoms with Gasteiger partial charge >= 0.3 is 0 Å². The molecule has 0 radical (unpaired) electrons. The zero-order valence-electron chi connectivity index (χ0n) is 20.4. The molecular formula is C27H33N5O3. The van der Waals surface area contributed by atoms with Crippen LogP contribution in [0.1, 0.15) is 57.5 Å². The molecule has 4 aliphatic heterocycles. The van der Waals surface area contributed by atoms with Crippen LogP contribution in [0.4, 0.5) is 5.82 Å². The number of piperidine rings is 1. The Labute approximate surface area is 206 Å². The molecule has 5 heterocycles. The highest BCUT2D eigenvalue weighted by Crippen LogP contribution is 2.39. The summed E-state index contributed by atoms with van der Waals surface area (Å²) in [5.74, 6) is 1.74. The van der Waals surface area contributed by atoms with Gasteiger partial charge in [0.15, 0.2) is 0 Å². The van der Waals surface area contributed by atoms with Gasteiger partial charge in [-0.1, -0.05) is 6.07 Å². The summed E-state index contributed by atoms with van der Waals surface area (Å²) in [6.45, 7) is 4.46. The highest BCUT2D eigenvalue weighted by molar-refractivity contribution is 5.97. The SMILES string of the molecule is Cc1c(C(=O)N[C@H]2C[C@H]3CC[C@@H](C2)N3c2ccc(C(=O)NC3CN(C)C3)cn2)ccc2c1OCC2. The molecule has 8 nitrogen and oxygen atoms in total. The summed E-state index contributed by atoms with van der Waals surface area (Å²) < 4.78 is 5.75. The Morgan fingerprint density at radius 1 is 1.00 bits per heavy atom. The molecule has 8 heteroatoms. The van der Waals surface area contributed by atoms with Gasteiger partial charge in [-0.15, -0.1) is 0 Å². The molecule has 3 saturated heterocycles. The Bertz CT molecular complexity index is 1130. The quantitative estimate of drug-likeness (QED) is 0.690. The van der Waals surface area contributed by atoms with Crippen LogP contribution < -0.4 is 20.3 Å². The Balaban J connectivity index is 1.09. The van der Waals surface area contributed by atoms with Gasteiger partial charge in [0.05, 0.1) is 18.2 Å². The van der Waals surface area contributed by atoms with Crippen LogP contribution in [0.5, 0.6) is 5.75 Å². The molecule has 2 aromatic rings. The first-order valence-corrected chi connectivity index (χ1v) is 12.8. The van der Waals surface area contributed by atoms with Crippen LogP contribution in [0.15, 0.2) is 30.5 Å². The number of fused-ring (bicyclic) bond motifs is 3. The number of pyridine rings is 1. The summed E-state index contributed by atoms with van der Waals surface area (Å²) in [6.07, 6.45) is 6.62. The summed E-state index contributed by atoms with van der Waals surface area (Å²) in [6, 6.07) is 8.89. The fraction of sp³-hybridized carbons (Fsp3) is 0.519. The molecular weight excluding hydrogens is 442 g/mol. The average molecular weight is 476 g/mol.